The molecule has 5 rings (SSSR count). The van der Waals surface area contributed by atoms with Gasteiger partial charge in [0, 0.05) is 25.7 Å². The van der Waals surface area contributed by atoms with Crippen LogP contribution in [-0.2, 0) is 9.47 Å². The lowest BCUT2D eigenvalue weighted by Crippen LogP contribution is -2.49. The molecular weight excluding hydrogens is 418 g/mol. The lowest BCUT2D eigenvalue weighted by Gasteiger charge is -2.39. The van der Waals surface area contributed by atoms with Crippen LogP contribution in [-0.4, -0.2) is 71.1 Å². The van der Waals surface area contributed by atoms with Crippen molar-refractivity contribution in [1.29, 1.82) is 0 Å². The Labute approximate surface area is 187 Å². The van der Waals surface area contributed by atoms with Crippen molar-refractivity contribution in [3.63, 3.8) is 0 Å². The molecule has 1 aromatic carbocycles. The second kappa shape index (κ2) is 8.86. The predicted molar refractivity (Wildman–Crippen MR) is 124 cm³/mol. The van der Waals surface area contributed by atoms with Gasteiger partial charge in [0.15, 0.2) is 0 Å². The third-order valence-electron chi connectivity index (χ3n) is 5.99. The maximum absolute atomic E-state index is 6.30. The lowest BCUT2D eigenvalue weighted by atomic mass is 10.1. The number of imidazole rings is 1. The Kier molecular flexibility index (Phi) is 6.17. The number of ether oxygens (including phenoxy) is 2. The maximum atomic E-state index is 6.30. The second-order valence-corrected chi connectivity index (χ2v) is 7.79. The van der Waals surface area contributed by atoms with Gasteiger partial charge in [0.2, 0.25) is 11.9 Å². The highest BCUT2D eigenvalue weighted by Crippen LogP contribution is 2.28. The summed E-state index contributed by atoms with van der Waals surface area (Å²) in [5.74, 6) is 2.67. The van der Waals surface area contributed by atoms with Crippen LogP contribution in [0.5, 0.6) is 0 Å². The topological polar surface area (TPSA) is 94.6 Å². The molecule has 0 aliphatic carbocycles. The molecule has 0 unspecified atom stereocenters. The standard InChI is InChI=1S/C21H27N7O2.ClH/c1-14-15(2)30-12-9-27(14)19-13-18(26-7-10-29-11-8-26)24-21(25-19)28-17-6-4-3-5-16(17)23-20(28)22;/h3-6,13-15H,7-12H2,1-2H3,(H2,22,23);1H/t14-,15-;/m1./s1. The minimum absolute atomic E-state index is 0. The summed E-state index contributed by atoms with van der Waals surface area (Å²) in [4.78, 5) is 18.9. The molecule has 3 aromatic rings. The number of nitrogen functional groups attached to an aromatic ring is 1. The van der Waals surface area contributed by atoms with E-state index in [4.69, 9.17) is 25.2 Å². The molecule has 10 heteroatoms. The third kappa shape index (κ3) is 4.00. The predicted octanol–water partition coefficient (Wildman–Crippen LogP) is 2.27. The molecule has 31 heavy (non-hydrogen) atoms. The van der Waals surface area contributed by atoms with Crippen molar-refractivity contribution in [2.45, 2.75) is 26.0 Å². The van der Waals surface area contributed by atoms with E-state index in [2.05, 4.69) is 34.7 Å². The Morgan fingerprint density at radius 3 is 2.52 bits per heavy atom. The summed E-state index contributed by atoms with van der Waals surface area (Å²) < 4.78 is 13.2. The molecule has 2 fully saturated rings. The summed E-state index contributed by atoms with van der Waals surface area (Å²) in [7, 11) is 0. The van der Waals surface area contributed by atoms with Crippen molar-refractivity contribution < 1.29 is 9.47 Å². The molecule has 0 bridgehead atoms. The first-order valence-corrected chi connectivity index (χ1v) is 10.4. The number of morpholine rings is 2. The summed E-state index contributed by atoms with van der Waals surface area (Å²) in [6.07, 6.45) is 0.128. The average molecular weight is 446 g/mol. The van der Waals surface area contributed by atoms with Crippen LogP contribution < -0.4 is 15.5 Å². The molecule has 2 aromatic heterocycles. The molecule has 2 N–H and O–H groups in total. The largest absolute Gasteiger partial charge is 0.378 e. The molecule has 0 amide bonds. The molecule has 4 heterocycles. The van der Waals surface area contributed by atoms with Crippen LogP contribution in [0.1, 0.15) is 13.8 Å². The van der Waals surface area contributed by atoms with E-state index in [0.29, 0.717) is 31.7 Å². The lowest BCUT2D eigenvalue weighted by molar-refractivity contribution is 0.0281. The van der Waals surface area contributed by atoms with Gasteiger partial charge in [-0.15, -0.1) is 12.4 Å². The molecule has 2 aliphatic heterocycles. The molecule has 166 valence electrons. The van der Waals surface area contributed by atoms with Crippen LogP contribution in [0.4, 0.5) is 17.6 Å². The summed E-state index contributed by atoms with van der Waals surface area (Å²) in [6.45, 7) is 8.70. The highest BCUT2D eigenvalue weighted by Gasteiger charge is 2.28. The van der Waals surface area contributed by atoms with Gasteiger partial charge in [0.1, 0.15) is 11.6 Å². The Bertz CT molecular complexity index is 1050. The second-order valence-electron chi connectivity index (χ2n) is 7.79. The van der Waals surface area contributed by atoms with Crippen molar-refractivity contribution in [3.8, 4) is 5.95 Å². The molecule has 0 spiro atoms. The minimum atomic E-state index is 0. The first-order valence-electron chi connectivity index (χ1n) is 10.4. The molecule has 2 aliphatic rings. The Balaban J connectivity index is 0.00000231. The van der Waals surface area contributed by atoms with E-state index < -0.39 is 0 Å². The summed E-state index contributed by atoms with van der Waals surface area (Å²) >= 11 is 0. The van der Waals surface area contributed by atoms with Crippen LogP contribution in [0, 0.1) is 0 Å². The first kappa shape index (κ1) is 21.6. The fourth-order valence-corrected chi connectivity index (χ4v) is 4.12. The van der Waals surface area contributed by atoms with Gasteiger partial charge < -0.3 is 25.0 Å². The van der Waals surface area contributed by atoms with E-state index in [9.17, 15) is 0 Å². The average Bonchev–Trinajstić information content (AvgIpc) is 3.11. The fraction of sp³-hybridized carbons (Fsp3) is 0.476. The third-order valence-corrected chi connectivity index (χ3v) is 5.99. The van der Waals surface area contributed by atoms with Gasteiger partial charge >= 0.3 is 0 Å². The zero-order chi connectivity index (χ0) is 20.7. The van der Waals surface area contributed by atoms with Crippen molar-refractivity contribution in [1.82, 2.24) is 19.5 Å². The van der Waals surface area contributed by atoms with Crippen LogP contribution in [0.15, 0.2) is 30.3 Å². The van der Waals surface area contributed by atoms with Crippen molar-refractivity contribution >= 4 is 41.0 Å². The Hall–Kier alpha value is -2.62. The highest BCUT2D eigenvalue weighted by molar-refractivity contribution is 5.85. The number of rotatable bonds is 3. The quantitative estimate of drug-likeness (QED) is 0.656. The summed E-state index contributed by atoms with van der Waals surface area (Å²) in [5, 5.41) is 0. The summed E-state index contributed by atoms with van der Waals surface area (Å²) in [5.41, 5.74) is 8.01. The number of halogens is 1. The molecule has 2 saturated heterocycles. The first-order chi connectivity index (χ1) is 14.6. The number of para-hydroxylation sites is 2. The number of hydrogen-bond donors (Lipinski definition) is 1. The normalized spacial score (nSPS) is 21.9. The fourth-order valence-electron chi connectivity index (χ4n) is 4.12. The number of aromatic nitrogens is 4. The Morgan fingerprint density at radius 2 is 1.71 bits per heavy atom. The molecule has 2 atom stereocenters. The van der Waals surface area contributed by atoms with Crippen LogP contribution >= 0.6 is 12.4 Å². The van der Waals surface area contributed by atoms with Crippen LogP contribution in [0.2, 0.25) is 0 Å². The van der Waals surface area contributed by atoms with Crippen molar-refractivity contribution in [2.24, 2.45) is 0 Å². The van der Waals surface area contributed by atoms with Crippen LogP contribution in [0.25, 0.3) is 17.0 Å². The minimum Gasteiger partial charge on any atom is -0.378 e. The molecule has 0 saturated carbocycles. The zero-order valence-electron chi connectivity index (χ0n) is 17.8. The number of fused-ring (bicyclic) bond motifs is 1. The SMILES string of the molecule is C[C@@H]1[C@@H](C)OCCN1c1cc(N2CCOCC2)nc(-n2c(N)nc3ccccc32)n1.Cl. The van der Waals surface area contributed by atoms with Gasteiger partial charge in [-0.2, -0.15) is 9.97 Å². The van der Waals surface area contributed by atoms with Gasteiger partial charge in [-0.25, -0.2) is 9.55 Å². The molecule has 0 radical (unpaired) electrons. The number of nitrogens with two attached hydrogens (primary N) is 1. The van der Waals surface area contributed by atoms with E-state index in [1.54, 1.807) is 0 Å². The highest BCUT2D eigenvalue weighted by atomic mass is 35.5. The number of anilines is 3. The van der Waals surface area contributed by atoms with E-state index in [-0.39, 0.29) is 24.6 Å². The monoisotopic (exact) mass is 445 g/mol. The maximum Gasteiger partial charge on any atom is 0.241 e. The van der Waals surface area contributed by atoms with Gasteiger partial charge in [0.05, 0.1) is 43.0 Å². The van der Waals surface area contributed by atoms with E-state index in [0.717, 1.165) is 42.3 Å². The van der Waals surface area contributed by atoms with E-state index >= 15 is 0 Å². The number of nitrogens with zero attached hydrogens (tertiary/aromatic N) is 6. The number of hydrogen-bond acceptors (Lipinski definition) is 8. The molecule has 9 nitrogen and oxygen atoms in total. The Morgan fingerprint density at radius 1 is 0.968 bits per heavy atom. The molecular formula is C21H28ClN7O2. The zero-order valence-corrected chi connectivity index (χ0v) is 18.6. The smallest absolute Gasteiger partial charge is 0.241 e. The van der Waals surface area contributed by atoms with Gasteiger partial charge in [0.25, 0.3) is 0 Å². The van der Waals surface area contributed by atoms with Crippen molar-refractivity contribution in [2.75, 3.05) is 55.0 Å². The van der Waals surface area contributed by atoms with Crippen molar-refractivity contribution in [3.05, 3.63) is 30.3 Å². The van der Waals surface area contributed by atoms with Crippen LogP contribution in [0.3, 0.4) is 0 Å². The number of benzene rings is 1. The van der Waals surface area contributed by atoms with Gasteiger partial charge in [-0.3, -0.25) is 0 Å². The summed E-state index contributed by atoms with van der Waals surface area (Å²) in [6, 6.07) is 10.1. The van der Waals surface area contributed by atoms with Gasteiger partial charge in [-0.05, 0) is 26.0 Å². The van der Waals surface area contributed by atoms with Gasteiger partial charge in [-0.1, -0.05) is 12.1 Å². The van der Waals surface area contributed by atoms with E-state index in [1.165, 1.54) is 0 Å². The van der Waals surface area contributed by atoms with E-state index in [1.807, 2.05) is 28.8 Å².